The number of halogens is 2. The zero-order chi connectivity index (χ0) is 14.2. The first-order chi connectivity index (χ1) is 8.97. The third-order valence-corrected chi connectivity index (χ3v) is 4.86. The molecule has 0 spiro atoms. The van der Waals surface area contributed by atoms with Gasteiger partial charge in [-0.1, -0.05) is 19.1 Å². The van der Waals surface area contributed by atoms with Gasteiger partial charge in [0, 0.05) is 17.6 Å². The minimum Gasteiger partial charge on any atom is -0.389 e. The molecule has 5 heteroatoms. The summed E-state index contributed by atoms with van der Waals surface area (Å²) in [5.74, 6) is -0.266. The summed E-state index contributed by atoms with van der Waals surface area (Å²) in [6.07, 6.45) is 3.25. The number of nitrogens with two attached hydrogens (primary N) is 1. The van der Waals surface area contributed by atoms with E-state index in [1.165, 1.54) is 0 Å². The van der Waals surface area contributed by atoms with Crippen LogP contribution in [0.3, 0.4) is 0 Å². The van der Waals surface area contributed by atoms with E-state index in [0.717, 1.165) is 19.3 Å². The predicted octanol–water partition coefficient (Wildman–Crippen LogP) is 3.99. The van der Waals surface area contributed by atoms with E-state index in [-0.39, 0.29) is 10.8 Å². The Morgan fingerprint density at radius 2 is 2.21 bits per heavy atom. The molecule has 2 N–H and O–H groups in total. The molecule has 2 atom stereocenters. The van der Waals surface area contributed by atoms with Gasteiger partial charge in [-0.2, -0.15) is 0 Å². The van der Waals surface area contributed by atoms with E-state index in [1.807, 2.05) is 0 Å². The van der Waals surface area contributed by atoms with Crippen LogP contribution in [0, 0.1) is 5.82 Å². The molecule has 1 aromatic carbocycles. The Morgan fingerprint density at radius 1 is 1.53 bits per heavy atom. The Morgan fingerprint density at radius 3 is 2.79 bits per heavy atom. The Labute approximate surface area is 127 Å². The van der Waals surface area contributed by atoms with Crippen molar-refractivity contribution in [3.05, 3.63) is 28.0 Å². The molecule has 0 bridgehead atoms. The van der Waals surface area contributed by atoms with Crippen LogP contribution in [0.5, 0.6) is 0 Å². The smallest absolute Gasteiger partial charge is 0.161 e. The van der Waals surface area contributed by atoms with Crippen molar-refractivity contribution in [3.63, 3.8) is 0 Å². The fraction of sp³-hybridized carbons (Fsp3) is 0.500. The maximum absolute atomic E-state index is 14.6. The number of rotatable bonds is 3. The molecule has 0 radical (unpaired) electrons. The molecule has 19 heavy (non-hydrogen) atoms. The zero-order valence-corrected chi connectivity index (χ0v) is 13.5. The molecule has 0 aromatic heterocycles. The van der Waals surface area contributed by atoms with Crippen LogP contribution >= 0.6 is 28.1 Å². The average Bonchev–Trinajstić information content (AvgIpc) is 2.73. The zero-order valence-electron chi connectivity index (χ0n) is 11.1. The molecule has 1 aromatic rings. The second-order valence-corrected chi connectivity index (χ2v) is 6.25. The van der Waals surface area contributed by atoms with Crippen molar-refractivity contribution in [1.29, 1.82) is 0 Å². The minimum atomic E-state index is -0.266. The lowest BCUT2D eigenvalue weighted by Gasteiger charge is -2.31. The monoisotopic (exact) mass is 344 g/mol. The van der Waals surface area contributed by atoms with Crippen LogP contribution in [0.15, 0.2) is 16.6 Å². The Balaban J connectivity index is 2.46. The largest absolute Gasteiger partial charge is 0.389 e. The van der Waals surface area contributed by atoms with Crippen molar-refractivity contribution < 1.29 is 4.39 Å². The van der Waals surface area contributed by atoms with Crippen LogP contribution in [0.2, 0.25) is 0 Å². The molecular formula is C14H18BrFN2S. The van der Waals surface area contributed by atoms with Gasteiger partial charge in [0.2, 0.25) is 0 Å². The minimum absolute atomic E-state index is 0.207. The molecule has 2 nitrogen and oxygen atoms in total. The summed E-state index contributed by atoms with van der Waals surface area (Å²) >= 11 is 8.20. The van der Waals surface area contributed by atoms with Crippen LogP contribution < -0.4 is 10.6 Å². The second kappa shape index (κ2) is 5.75. The molecule has 1 aliphatic rings. The second-order valence-electron chi connectivity index (χ2n) is 5.02. The van der Waals surface area contributed by atoms with Crippen LogP contribution in [0.4, 0.5) is 10.1 Å². The summed E-state index contributed by atoms with van der Waals surface area (Å²) in [5, 5.41) is 0. The maximum atomic E-state index is 14.6. The fourth-order valence-electron chi connectivity index (χ4n) is 2.84. The van der Waals surface area contributed by atoms with Gasteiger partial charge in [0.15, 0.2) is 5.82 Å². The first kappa shape index (κ1) is 14.7. The Hall–Kier alpha value is -0.680. The summed E-state index contributed by atoms with van der Waals surface area (Å²) in [4.78, 5) is 2.39. The van der Waals surface area contributed by atoms with Gasteiger partial charge in [-0.15, -0.1) is 0 Å². The molecule has 0 aliphatic carbocycles. The standard InChI is InChI=1S/C14H18BrFN2S/c1-3-9-5-4-8(2)18(9)11-7-6-10(14(17)19)12(15)13(11)16/h6-9H,3-5H2,1-2H3,(H2,17,19). The van der Waals surface area contributed by atoms with E-state index >= 15 is 0 Å². The molecule has 1 aliphatic heterocycles. The SMILES string of the molecule is CCC1CCC(C)N1c1ccc(C(N)=S)c(Br)c1F. The highest BCUT2D eigenvalue weighted by molar-refractivity contribution is 9.10. The number of hydrogen-bond acceptors (Lipinski definition) is 2. The molecular weight excluding hydrogens is 327 g/mol. The normalized spacial score (nSPS) is 22.8. The van der Waals surface area contributed by atoms with Crippen molar-refractivity contribution in [2.45, 2.75) is 45.2 Å². The molecule has 0 saturated carbocycles. The number of anilines is 1. The maximum Gasteiger partial charge on any atom is 0.161 e. The van der Waals surface area contributed by atoms with Crippen LogP contribution in [0.1, 0.15) is 38.7 Å². The lowest BCUT2D eigenvalue weighted by atomic mass is 10.1. The van der Waals surface area contributed by atoms with E-state index in [2.05, 4.69) is 34.7 Å². The van der Waals surface area contributed by atoms with Gasteiger partial charge in [-0.05, 0) is 54.2 Å². The van der Waals surface area contributed by atoms with E-state index in [0.29, 0.717) is 27.8 Å². The van der Waals surface area contributed by atoms with Crippen molar-refractivity contribution in [2.24, 2.45) is 5.73 Å². The van der Waals surface area contributed by atoms with Gasteiger partial charge >= 0.3 is 0 Å². The first-order valence-corrected chi connectivity index (χ1v) is 7.73. The molecule has 0 amide bonds. The number of thiocarbonyl (C=S) groups is 1. The third kappa shape index (κ3) is 2.63. The van der Waals surface area contributed by atoms with Gasteiger partial charge in [0.1, 0.15) is 4.99 Å². The van der Waals surface area contributed by atoms with Crippen molar-refractivity contribution in [1.82, 2.24) is 0 Å². The summed E-state index contributed by atoms with van der Waals surface area (Å²) in [5.41, 5.74) is 6.78. The van der Waals surface area contributed by atoms with Gasteiger partial charge in [-0.25, -0.2) is 4.39 Å². The lowest BCUT2D eigenvalue weighted by Crippen LogP contribution is -2.35. The van der Waals surface area contributed by atoms with Crippen LogP contribution in [-0.2, 0) is 0 Å². The van der Waals surface area contributed by atoms with Gasteiger partial charge in [0.25, 0.3) is 0 Å². The highest BCUT2D eigenvalue weighted by atomic mass is 79.9. The highest BCUT2D eigenvalue weighted by Gasteiger charge is 2.32. The van der Waals surface area contributed by atoms with Gasteiger partial charge in [0.05, 0.1) is 10.2 Å². The summed E-state index contributed by atoms with van der Waals surface area (Å²) in [7, 11) is 0. The molecule has 1 fully saturated rings. The van der Waals surface area contributed by atoms with E-state index in [4.69, 9.17) is 18.0 Å². The van der Waals surface area contributed by atoms with Crippen LogP contribution in [-0.4, -0.2) is 17.1 Å². The van der Waals surface area contributed by atoms with Crippen molar-refractivity contribution in [2.75, 3.05) is 4.90 Å². The van der Waals surface area contributed by atoms with Crippen molar-refractivity contribution >= 4 is 38.8 Å². The Kier molecular flexibility index (Phi) is 4.46. The summed E-state index contributed by atoms with van der Waals surface area (Å²) < 4.78 is 14.9. The molecule has 2 rings (SSSR count). The van der Waals surface area contributed by atoms with Gasteiger partial charge in [-0.3, -0.25) is 0 Å². The first-order valence-electron chi connectivity index (χ1n) is 6.53. The highest BCUT2D eigenvalue weighted by Crippen LogP contribution is 2.37. The topological polar surface area (TPSA) is 29.3 Å². The van der Waals surface area contributed by atoms with E-state index < -0.39 is 0 Å². The number of nitrogens with zero attached hydrogens (tertiary/aromatic N) is 1. The van der Waals surface area contributed by atoms with Crippen LogP contribution in [0.25, 0.3) is 0 Å². The number of hydrogen-bond donors (Lipinski definition) is 1. The van der Waals surface area contributed by atoms with E-state index in [9.17, 15) is 4.39 Å². The molecule has 1 saturated heterocycles. The third-order valence-electron chi connectivity index (χ3n) is 3.86. The Bertz CT molecular complexity index is 506. The lowest BCUT2D eigenvalue weighted by molar-refractivity contribution is 0.578. The molecule has 2 unspecified atom stereocenters. The van der Waals surface area contributed by atoms with Crippen molar-refractivity contribution in [3.8, 4) is 0 Å². The average molecular weight is 345 g/mol. The summed E-state index contributed by atoms with van der Waals surface area (Å²) in [6, 6.07) is 4.36. The predicted molar refractivity (Wildman–Crippen MR) is 85.2 cm³/mol. The fourth-order valence-corrected chi connectivity index (χ4v) is 3.69. The number of benzene rings is 1. The van der Waals surface area contributed by atoms with Gasteiger partial charge < -0.3 is 10.6 Å². The van der Waals surface area contributed by atoms with E-state index in [1.54, 1.807) is 12.1 Å². The molecule has 1 heterocycles. The quantitative estimate of drug-likeness (QED) is 0.840. The summed E-state index contributed by atoms with van der Waals surface area (Å²) in [6.45, 7) is 4.29. The molecule has 104 valence electrons.